The molecule has 25 heavy (non-hydrogen) atoms. The smallest absolute Gasteiger partial charge is 0.325 e. The Kier molecular flexibility index (Phi) is 6.39. The maximum atomic E-state index is 12.9. The summed E-state index contributed by atoms with van der Waals surface area (Å²) in [7, 11) is -3.90. The first-order valence-corrected chi connectivity index (χ1v) is 9.68. The molecule has 2 rings (SSSR count). The van der Waals surface area contributed by atoms with E-state index in [1.165, 1.54) is 12.1 Å². The fourth-order valence-corrected chi connectivity index (χ4v) is 4.09. The quantitative estimate of drug-likeness (QED) is 0.679. The molecule has 0 saturated heterocycles. The Labute approximate surface area is 153 Å². The van der Waals surface area contributed by atoms with Crippen LogP contribution in [0.2, 0.25) is 5.02 Å². The summed E-state index contributed by atoms with van der Waals surface area (Å²) in [5.74, 6) is -0.776. The molecular weight excluding hydrogens is 360 g/mol. The van der Waals surface area contributed by atoms with Crippen LogP contribution in [0.15, 0.2) is 66.1 Å². The third-order valence-electron chi connectivity index (χ3n) is 3.68. The van der Waals surface area contributed by atoms with Crippen LogP contribution in [0.25, 0.3) is 5.57 Å². The molecule has 0 amide bonds. The minimum Gasteiger partial charge on any atom is -0.465 e. The normalized spacial score (nSPS) is 12.4. The Morgan fingerprint density at radius 1 is 1.12 bits per heavy atom. The average molecular weight is 379 g/mol. The molecule has 0 aliphatic rings. The van der Waals surface area contributed by atoms with Gasteiger partial charge in [0.25, 0.3) is 0 Å². The molecule has 0 N–H and O–H groups in total. The van der Waals surface area contributed by atoms with E-state index in [2.05, 4.69) is 6.58 Å². The van der Waals surface area contributed by atoms with Gasteiger partial charge in [-0.05, 0) is 42.3 Å². The largest absolute Gasteiger partial charge is 0.465 e. The van der Waals surface area contributed by atoms with Crippen LogP contribution in [0.1, 0.15) is 18.9 Å². The second kappa shape index (κ2) is 8.32. The number of carbonyl (C=O) groups is 1. The van der Waals surface area contributed by atoms with Crippen LogP contribution >= 0.6 is 11.6 Å². The van der Waals surface area contributed by atoms with Crippen molar-refractivity contribution in [3.8, 4) is 0 Å². The lowest BCUT2D eigenvalue weighted by Gasteiger charge is -2.18. The van der Waals surface area contributed by atoms with Gasteiger partial charge in [-0.3, -0.25) is 4.79 Å². The molecule has 0 aliphatic carbocycles. The summed E-state index contributed by atoms with van der Waals surface area (Å²) in [5.41, 5.74) is 1.25. The van der Waals surface area contributed by atoms with Gasteiger partial charge in [-0.15, -0.1) is 0 Å². The van der Waals surface area contributed by atoms with Gasteiger partial charge in [-0.25, -0.2) is 8.42 Å². The van der Waals surface area contributed by atoms with Crippen molar-refractivity contribution >= 4 is 33.0 Å². The van der Waals surface area contributed by atoms with Gasteiger partial charge in [0.2, 0.25) is 0 Å². The first kappa shape index (κ1) is 19.2. The number of hydrogen-bond acceptors (Lipinski definition) is 4. The molecule has 0 saturated carbocycles. The molecule has 6 heteroatoms. The molecular formula is C19H19ClO4S. The van der Waals surface area contributed by atoms with E-state index in [0.717, 1.165) is 5.56 Å². The molecule has 0 fully saturated rings. The summed E-state index contributed by atoms with van der Waals surface area (Å²) in [5, 5.41) is -0.784. The fraction of sp³-hybridized carbons (Fsp3) is 0.211. The van der Waals surface area contributed by atoms with Crippen molar-refractivity contribution in [2.75, 3.05) is 6.61 Å². The van der Waals surface area contributed by atoms with Crippen molar-refractivity contribution in [1.82, 2.24) is 0 Å². The molecule has 2 aromatic carbocycles. The fourth-order valence-electron chi connectivity index (χ4n) is 2.36. The summed E-state index contributed by atoms with van der Waals surface area (Å²) in [6.07, 6.45) is -0.0578. The van der Waals surface area contributed by atoms with E-state index in [0.29, 0.717) is 10.6 Å². The molecule has 4 nitrogen and oxygen atoms in total. The van der Waals surface area contributed by atoms with Gasteiger partial charge in [-0.2, -0.15) is 0 Å². The topological polar surface area (TPSA) is 60.4 Å². The highest BCUT2D eigenvalue weighted by atomic mass is 35.5. The molecule has 0 spiro atoms. The van der Waals surface area contributed by atoms with Gasteiger partial charge in [0.1, 0.15) is 0 Å². The van der Waals surface area contributed by atoms with Crippen molar-refractivity contribution in [3.63, 3.8) is 0 Å². The number of carbonyl (C=O) groups excluding carboxylic acids is 1. The van der Waals surface area contributed by atoms with Crippen molar-refractivity contribution in [3.05, 3.63) is 71.8 Å². The summed E-state index contributed by atoms with van der Waals surface area (Å²) in [6.45, 7) is 5.67. The van der Waals surface area contributed by atoms with E-state index in [1.807, 2.05) is 0 Å². The zero-order valence-electron chi connectivity index (χ0n) is 13.8. The monoisotopic (exact) mass is 378 g/mol. The van der Waals surface area contributed by atoms with Crippen molar-refractivity contribution in [2.45, 2.75) is 23.5 Å². The third kappa shape index (κ3) is 4.71. The van der Waals surface area contributed by atoms with E-state index in [1.54, 1.807) is 49.4 Å². The van der Waals surface area contributed by atoms with E-state index >= 15 is 0 Å². The first-order chi connectivity index (χ1) is 11.9. The lowest BCUT2D eigenvalue weighted by Crippen LogP contribution is -2.32. The zero-order chi connectivity index (χ0) is 18.4. The highest BCUT2D eigenvalue weighted by molar-refractivity contribution is 7.92. The third-order valence-corrected chi connectivity index (χ3v) is 5.97. The minimum atomic E-state index is -3.90. The van der Waals surface area contributed by atoms with Crippen LogP contribution in [-0.2, 0) is 19.4 Å². The van der Waals surface area contributed by atoms with Gasteiger partial charge in [0.15, 0.2) is 15.1 Å². The Balaban J connectivity index is 2.35. The van der Waals surface area contributed by atoms with Crippen LogP contribution in [0.3, 0.4) is 0 Å². The van der Waals surface area contributed by atoms with Crippen molar-refractivity contribution in [1.29, 1.82) is 0 Å². The maximum Gasteiger partial charge on any atom is 0.325 e. The van der Waals surface area contributed by atoms with Gasteiger partial charge >= 0.3 is 5.97 Å². The number of esters is 1. The van der Waals surface area contributed by atoms with E-state index in [9.17, 15) is 13.2 Å². The van der Waals surface area contributed by atoms with Crippen LogP contribution in [0.5, 0.6) is 0 Å². The van der Waals surface area contributed by atoms with Crippen LogP contribution in [0.4, 0.5) is 0 Å². The summed E-state index contributed by atoms with van der Waals surface area (Å²) >= 11 is 5.87. The molecule has 1 unspecified atom stereocenters. The van der Waals surface area contributed by atoms with Gasteiger partial charge < -0.3 is 4.74 Å². The number of sulfone groups is 1. The highest BCUT2D eigenvalue weighted by Crippen LogP contribution is 2.27. The average Bonchev–Trinajstić information content (AvgIpc) is 2.60. The molecule has 0 aliphatic heterocycles. The Bertz CT molecular complexity index is 843. The van der Waals surface area contributed by atoms with Gasteiger partial charge in [0, 0.05) is 11.4 Å². The van der Waals surface area contributed by atoms with Gasteiger partial charge in [-0.1, -0.05) is 48.5 Å². The molecule has 132 valence electrons. The standard InChI is InChI=1S/C19H19ClO4S/c1-3-24-19(21)18(25(22,23)17-7-5-4-6-8-17)13-14(2)15-9-11-16(20)12-10-15/h4-12,18H,2-3,13H2,1H3. The predicted molar refractivity (Wildman–Crippen MR) is 99.2 cm³/mol. The molecule has 0 bridgehead atoms. The maximum absolute atomic E-state index is 12.9. The second-order valence-corrected chi connectivity index (χ2v) is 7.98. The molecule has 2 aromatic rings. The summed E-state index contributed by atoms with van der Waals surface area (Å²) in [6, 6.07) is 14.7. The van der Waals surface area contributed by atoms with E-state index < -0.39 is 21.1 Å². The van der Waals surface area contributed by atoms with E-state index in [4.69, 9.17) is 16.3 Å². The minimum absolute atomic E-state index is 0.0578. The Morgan fingerprint density at radius 2 is 1.72 bits per heavy atom. The van der Waals surface area contributed by atoms with Crippen LogP contribution in [0, 0.1) is 0 Å². The number of halogens is 1. The lowest BCUT2D eigenvalue weighted by molar-refractivity contribution is -0.142. The van der Waals surface area contributed by atoms with Crippen LogP contribution < -0.4 is 0 Å². The number of benzene rings is 2. The zero-order valence-corrected chi connectivity index (χ0v) is 15.4. The van der Waals surface area contributed by atoms with Gasteiger partial charge in [0.05, 0.1) is 11.5 Å². The molecule has 0 radical (unpaired) electrons. The number of allylic oxidation sites excluding steroid dienone is 1. The molecule has 0 aromatic heterocycles. The highest BCUT2D eigenvalue weighted by Gasteiger charge is 2.35. The SMILES string of the molecule is C=C(CC(C(=O)OCC)S(=O)(=O)c1ccccc1)c1ccc(Cl)cc1. The predicted octanol–water partition coefficient (Wildman–Crippen LogP) is 4.15. The first-order valence-electron chi connectivity index (χ1n) is 7.75. The lowest BCUT2D eigenvalue weighted by atomic mass is 10.0. The Hall–Kier alpha value is -2.11. The summed E-state index contributed by atoms with van der Waals surface area (Å²) < 4.78 is 30.8. The second-order valence-electron chi connectivity index (χ2n) is 5.41. The summed E-state index contributed by atoms with van der Waals surface area (Å²) in [4.78, 5) is 12.4. The molecule has 0 heterocycles. The van der Waals surface area contributed by atoms with Crippen molar-refractivity contribution in [2.24, 2.45) is 0 Å². The van der Waals surface area contributed by atoms with E-state index in [-0.39, 0.29) is 17.9 Å². The number of rotatable bonds is 7. The van der Waals surface area contributed by atoms with Crippen LogP contribution in [-0.4, -0.2) is 26.2 Å². The number of hydrogen-bond donors (Lipinski definition) is 0. The number of ether oxygens (including phenoxy) is 1. The van der Waals surface area contributed by atoms with Crippen molar-refractivity contribution < 1.29 is 17.9 Å². The Morgan fingerprint density at radius 3 is 2.28 bits per heavy atom. The molecule has 1 atom stereocenters.